The molecule has 1 aliphatic carbocycles. The third-order valence-electron chi connectivity index (χ3n) is 3.88. The molecule has 98 valence electrons. The highest BCUT2D eigenvalue weighted by Gasteiger charge is 2.24. The highest BCUT2D eigenvalue weighted by Crippen LogP contribution is 2.19. The van der Waals surface area contributed by atoms with Crippen molar-refractivity contribution in [3.05, 3.63) is 0 Å². The summed E-state index contributed by atoms with van der Waals surface area (Å²) in [6, 6.07) is 0.878. The quantitative estimate of drug-likeness (QED) is 0.767. The first kappa shape index (κ1) is 12.8. The monoisotopic (exact) mass is 240 g/mol. The summed E-state index contributed by atoms with van der Waals surface area (Å²) in [5, 5.41) is 13.0. The summed E-state index contributed by atoms with van der Waals surface area (Å²) in [7, 11) is 0. The molecule has 1 heterocycles. The van der Waals surface area contributed by atoms with Crippen molar-refractivity contribution in [1.82, 2.24) is 10.2 Å². The van der Waals surface area contributed by atoms with Crippen molar-refractivity contribution in [2.75, 3.05) is 13.1 Å². The molecule has 2 aliphatic rings. The Hall–Kier alpha value is -0.610. The zero-order chi connectivity index (χ0) is 12.3. The topological polar surface area (TPSA) is 52.6 Å². The summed E-state index contributed by atoms with van der Waals surface area (Å²) in [5.74, 6) is 0.303. The van der Waals surface area contributed by atoms with Crippen LogP contribution < -0.4 is 5.32 Å². The molecule has 4 heteroatoms. The van der Waals surface area contributed by atoms with Crippen LogP contribution in [0.25, 0.3) is 0 Å². The number of nitrogens with one attached hydrogen (secondary N) is 1. The fraction of sp³-hybridized carbons (Fsp3) is 0.923. The summed E-state index contributed by atoms with van der Waals surface area (Å²) >= 11 is 0. The number of aliphatic hydroxyl groups is 1. The molecular formula is C13H24N2O2. The Morgan fingerprint density at radius 3 is 2.71 bits per heavy atom. The second-order valence-electron chi connectivity index (χ2n) is 5.52. The van der Waals surface area contributed by atoms with Crippen LogP contribution in [0.15, 0.2) is 0 Å². The van der Waals surface area contributed by atoms with Gasteiger partial charge in [-0.3, -0.25) is 4.79 Å². The Morgan fingerprint density at radius 2 is 2.12 bits per heavy atom. The number of likely N-dealkylation sites (tertiary alicyclic amines) is 1. The van der Waals surface area contributed by atoms with Crippen molar-refractivity contribution in [3.63, 3.8) is 0 Å². The second kappa shape index (κ2) is 5.83. The zero-order valence-electron chi connectivity index (χ0n) is 10.7. The molecule has 1 aliphatic heterocycles. The van der Waals surface area contributed by atoms with Gasteiger partial charge in [0, 0.05) is 31.6 Å². The van der Waals surface area contributed by atoms with Gasteiger partial charge in [0.05, 0.1) is 6.10 Å². The van der Waals surface area contributed by atoms with E-state index in [0.29, 0.717) is 18.0 Å². The lowest BCUT2D eigenvalue weighted by molar-refractivity contribution is -0.128. The van der Waals surface area contributed by atoms with Crippen LogP contribution in [0, 0.1) is 0 Å². The average molecular weight is 240 g/mol. The maximum Gasteiger partial charge on any atom is 0.222 e. The van der Waals surface area contributed by atoms with Crippen molar-refractivity contribution >= 4 is 5.91 Å². The zero-order valence-corrected chi connectivity index (χ0v) is 10.7. The first-order valence-electron chi connectivity index (χ1n) is 6.87. The van der Waals surface area contributed by atoms with Gasteiger partial charge in [-0.25, -0.2) is 0 Å². The lowest BCUT2D eigenvalue weighted by Gasteiger charge is -2.30. The van der Waals surface area contributed by atoms with E-state index in [4.69, 9.17) is 0 Å². The van der Waals surface area contributed by atoms with Gasteiger partial charge in [-0.05, 0) is 39.0 Å². The Morgan fingerprint density at radius 1 is 1.41 bits per heavy atom. The number of rotatable bonds is 4. The van der Waals surface area contributed by atoms with Gasteiger partial charge < -0.3 is 15.3 Å². The van der Waals surface area contributed by atoms with E-state index in [0.717, 1.165) is 51.6 Å². The van der Waals surface area contributed by atoms with E-state index in [1.807, 2.05) is 4.90 Å². The minimum atomic E-state index is -0.0940. The van der Waals surface area contributed by atoms with Crippen LogP contribution in [0.5, 0.6) is 0 Å². The number of amides is 1. The van der Waals surface area contributed by atoms with Crippen molar-refractivity contribution < 1.29 is 9.90 Å². The molecule has 1 saturated carbocycles. The molecular weight excluding hydrogens is 216 g/mol. The molecule has 0 aromatic rings. The minimum Gasteiger partial charge on any atom is -0.393 e. The Balaban J connectivity index is 1.69. The van der Waals surface area contributed by atoms with Crippen LogP contribution in [0.2, 0.25) is 0 Å². The van der Waals surface area contributed by atoms with E-state index in [2.05, 4.69) is 12.2 Å². The number of aliphatic hydroxyl groups excluding tert-OH is 1. The number of carbonyl (C=O) groups excluding carboxylic acids is 1. The van der Waals surface area contributed by atoms with E-state index in [1.165, 1.54) is 0 Å². The fourth-order valence-corrected chi connectivity index (χ4v) is 2.93. The minimum absolute atomic E-state index is 0.0940. The normalized spacial score (nSPS) is 31.9. The number of nitrogens with zero attached hydrogens (tertiary/aromatic N) is 1. The molecule has 0 aromatic heterocycles. The summed E-state index contributed by atoms with van der Waals surface area (Å²) in [6.07, 6.45) is 5.58. The van der Waals surface area contributed by atoms with Crippen molar-refractivity contribution in [3.8, 4) is 0 Å². The van der Waals surface area contributed by atoms with Crippen LogP contribution in [0.3, 0.4) is 0 Å². The van der Waals surface area contributed by atoms with Crippen molar-refractivity contribution in [2.45, 2.75) is 63.6 Å². The predicted molar refractivity (Wildman–Crippen MR) is 66.7 cm³/mol. The maximum atomic E-state index is 11.5. The molecule has 2 N–H and O–H groups in total. The Kier molecular flexibility index (Phi) is 4.40. The van der Waals surface area contributed by atoms with Gasteiger partial charge in [0.15, 0.2) is 0 Å². The molecule has 0 aromatic carbocycles. The first-order chi connectivity index (χ1) is 8.15. The molecule has 2 fully saturated rings. The second-order valence-corrected chi connectivity index (χ2v) is 5.52. The van der Waals surface area contributed by atoms with Gasteiger partial charge >= 0.3 is 0 Å². The first-order valence-corrected chi connectivity index (χ1v) is 6.87. The summed E-state index contributed by atoms with van der Waals surface area (Å²) in [5.41, 5.74) is 0. The largest absolute Gasteiger partial charge is 0.393 e. The van der Waals surface area contributed by atoms with Crippen LogP contribution in [0.4, 0.5) is 0 Å². The smallest absolute Gasteiger partial charge is 0.222 e. The highest BCUT2D eigenvalue weighted by molar-refractivity contribution is 5.78. The molecule has 1 atom stereocenters. The molecule has 2 rings (SSSR count). The standard InChI is InChI=1S/C13H24N2O2/c1-10(9-15-8-2-3-13(15)17)14-11-4-6-12(16)7-5-11/h10-12,14,16H,2-9H2,1H3. The molecule has 17 heavy (non-hydrogen) atoms. The Bertz CT molecular complexity index is 262. The summed E-state index contributed by atoms with van der Waals surface area (Å²) < 4.78 is 0. The molecule has 0 radical (unpaired) electrons. The third kappa shape index (κ3) is 3.68. The van der Waals surface area contributed by atoms with Crippen LogP contribution in [-0.4, -0.2) is 47.2 Å². The third-order valence-corrected chi connectivity index (χ3v) is 3.88. The summed E-state index contributed by atoms with van der Waals surface area (Å²) in [6.45, 7) is 3.91. The number of carbonyl (C=O) groups is 1. The van der Waals surface area contributed by atoms with Crippen molar-refractivity contribution in [2.24, 2.45) is 0 Å². The molecule has 4 nitrogen and oxygen atoms in total. The van der Waals surface area contributed by atoms with Gasteiger partial charge in [0.2, 0.25) is 5.91 Å². The molecule has 1 unspecified atom stereocenters. The van der Waals surface area contributed by atoms with Crippen LogP contribution >= 0.6 is 0 Å². The van der Waals surface area contributed by atoms with E-state index in [9.17, 15) is 9.90 Å². The molecule has 1 amide bonds. The van der Waals surface area contributed by atoms with Gasteiger partial charge in [0.1, 0.15) is 0 Å². The van der Waals surface area contributed by atoms with E-state index >= 15 is 0 Å². The lowest BCUT2D eigenvalue weighted by atomic mass is 9.92. The van der Waals surface area contributed by atoms with Gasteiger partial charge in [-0.15, -0.1) is 0 Å². The summed E-state index contributed by atoms with van der Waals surface area (Å²) in [4.78, 5) is 13.5. The van der Waals surface area contributed by atoms with E-state index in [1.54, 1.807) is 0 Å². The predicted octanol–water partition coefficient (Wildman–Crippen LogP) is 0.890. The fourth-order valence-electron chi connectivity index (χ4n) is 2.93. The molecule has 0 spiro atoms. The number of hydrogen-bond donors (Lipinski definition) is 2. The van der Waals surface area contributed by atoms with Crippen molar-refractivity contribution in [1.29, 1.82) is 0 Å². The van der Waals surface area contributed by atoms with E-state index < -0.39 is 0 Å². The molecule has 0 bridgehead atoms. The Labute approximate surface area is 103 Å². The van der Waals surface area contributed by atoms with E-state index in [-0.39, 0.29) is 6.10 Å². The highest BCUT2D eigenvalue weighted by atomic mass is 16.3. The van der Waals surface area contributed by atoms with Gasteiger partial charge in [-0.2, -0.15) is 0 Å². The average Bonchev–Trinajstić information content (AvgIpc) is 2.68. The van der Waals surface area contributed by atoms with Gasteiger partial charge in [-0.1, -0.05) is 0 Å². The van der Waals surface area contributed by atoms with Gasteiger partial charge in [0.25, 0.3) is 0 Å². The SMILES string of the molecule is CC(CN1CCCC1=O)NC1CCC(O)CC1. The van der Waals surface area contributed by atoms with Crippen LogP contribution in [-0.2, 0) is 4.79 Å². The molecule has 1 saturated heterocycles. The van der Waals surface area contributed by atoms with Crippen LogP contribution in [0.1, 0.15) is 45.4 Å². The lowest BCUT2D eigenvalue weighted by Crippen LogP contribution is -2.45. The number of hydrogen-bond acceptors (Lipinski definition) is 3. The maximum absolute atomic E-state index is 11.5.